The van der Waals surface area contributed by atoms with Crippen molar-refractivity contribution >= 4 is 16.5 Å². The van der Waals surface area contributed by atoms with E-state index < -0.39 is 0 Å². The molecular weight excluding hydrogens is 182 g/mol. The van der Waals surface area contributed by atoms with Crippen LogP contribution < -0.4 is 10.2 Å². The van der Waals surface area contributed by atoms with Gasteiger partial charge in [-0.05, 0) is 20.9 Å². The number of nitrogens with one attached hydrogen (secondary N) is 1. The number of hydrogen-bond donors (Lipinski definition) is 1. The fraction of sp³-hybridized carbons (Fsp3) is 0.667. The zero-order chi connectivity index (χ0) is 10.1. The quantitative estimate of drug-likeness (QED) is 0.802. The molecule has 0 saturated carbocycles. The fourth-order valence-corrected chi connectivity index (χ4v) is 1.83. The minimum Gasteiger partial charge on any atom is -0.354 e. The van der Waals surface area contributed by atoms with E-state index in [0.29, 0.717) is 0 Å². The maximum Gasteiger partial charge on any atom is 0.185 e. The Morgan fingerprint density at radius 1 is 1.46 bits per heavy atom. The Morgan fingerprint density at radius 3 is 2.46 bits per heavy atom. The monoisotopic (exact) mass is 199 g/mol. The summed E-state index contributed by atoms with van der Waals surface area (Å²) in [7, 11) is 5.99. The molecule has 1 aromatic heterocycles. The average Bonchev–Trinajstić information content (AvgIpc) is 2.52. The minimum atomic E-state index is 0.0198. The van der Waals surface area contributed by atoms with Crippen LogP contribution in [0, 0.1) is 0 Å². The van der Waals surface area contributed by atoms with Gasteiger partial charge in [0, 0.05) is 30.7 Å². The van der Waals surface area contributed by atoms with Gasteiger partial charge in [0.25, 0.3) is 0 Å². The standard InChI is InChI=1S/C9H17N3S/c1-9(2,10-3)7-6-11-8(13-7)12(4)5/h6,10H,1-5H3. The van der Waals surface area contributed by atoms with Crippen LogP contribution in [-0.2, 0) is 5.54 Å². The van der Waals surface area contributed by atoms with Crippen LogP contribution in [0.4, 0.5) is 5.13 Å². The molecule has 0 aromatic carbocycles. The molecule has 1 N–H and O–H groups in total. The third-order valence-electron chi connectivity index (χ3n) is 2.12. The lowest BCUT2D eigenvalue weighted by Crippen LogP contribution is -2.32. The lowest BCUT2D eigenvalue weighted by molar-refractivity contribution is 0.453. The van der Waals surface area contributed by atoms with Crippen LogP contribution in [0.5, 0.6) is 0 Å². The Labute approximate surface area is 83.8 Å². The molecule has 1 heterocycles. The highest BCUT2D eigenvalue weighted by molar-refractivity contribution is 7.15. The van der Waals surface area contributed by atoms with Gasteiger partial charge in [-0.15, -0.1) is 11.3 Å². The van der Waals surface area contributed by atoms with E-state index in [0.717, 1.165) is 5.13 Å². The van der Waals surface area contributed by atoms with Crippen molar-refractivity contribution in [1.29, 1.82) is 0 Å². The van der Waals surface area contributed by atoms with E-state index in [9.17, 15) is 0 Å². The molecular formula is C9H17N3S. The van der Waals surface area contributed by atoms with Crippen molar-refractivity contribution in [3.05, 3.63) is 11.1 Å². The van der Waals surface area contributed by atoms with Gasteiger partial charge in [-0.3, -0.25) is 0 Å². The number of rotatable bonds is 3. The smallest absolute Gasteiger partial charge is 0.185 e. The third kappa shape index (κ3) is 2.19. The van der Waals surface area contributed by atoms with Crippen molar-refractivity contribution in [1.82, 2.24) is 10.3 Å². The van der Waals surface area contributed by atoms with E-state index in [1.807, 2.05) is 32.2 Å². The summed E-state index contributed by atoms with van der Waals surface area (Å²) in [4.78, 5) is 7.62. The molecule has 0 saturated heterocycles. The summed E-state index contributed by atoms with van der Waals surface area (Å²) < 4.78 is 0. The van der Waals surface area contributed by atoms with Crippen LogP contribution in [0.3, 0.4) is 0 Å². The fourth-order valence-electron chi connectivity index (χ4n) is 0.884. The zero-order valence-corrected chi connectivity index (χ0v) is 9.70. The molecule has 3 nitrogen and oxygen atoms in total. The highest BCUT2D eigenvalue weighted by Gasteiger charge is 2.20. The first-order valence-corrected chi connectivity index (χ1v) is 5.11. The van der Waals surface area contributed by atoms with Gasteiger partial charge >= 0.3 is 0 Å². The van der Waals surface area contributed by atoms with Crippen LogP contribution in [0.25, 0.3) is 0 Å². The third-order valence-corrected chi connectivity index (χ3v) is 3.61. The normalized spacial score (nSPS) is 11.8. The van der Waals surface area contributed by atoms with Crippen molar-refractivity contribution in [2.45, 2.75) is 19.4 Å². The highest BCUT2D eigenvalue weighted by Crippen LogP contribution is 2.29. The molecule has 13 heavy (non-hydrogen) atoms. The molecule has 0 atom stereocenters. The first-order chi connectivity index (χ1) is 5.97. The van der Waals surface area contributed by atoms with Crippen molar-refractivity contribution in [2.75, 3.05) is 26.0 Å². The van der Waals surface area contributed by atoms with Crippen LogP contribution >= 0.6 is 11.3 Å². The van der Waals surface area contributed by atoms with Gasteiger partial charge in [0.2, 0.25) is 0 Å². The second-order valence-electron chi connectivity index (χ2n) is 3.78. The average molecular weight is 199 g/mol. The topological polar surface area (TPSA) is 28.2 Å². The molecule has 0 spiro atoms. The van der Waals surface area contributed by atoms with Crippen LogP contribution in [0.15, 0.2) is 6.20 Å². The lowest BCUT2D eigenvalue weighted by atomic mass is 10.1. The molecule has 0 bridgehead atoms. The SMILES string of the molecule is CNC(C)(C)c1cnc(N(C)C)s1. The summed E-state index contributed by atoms with van der Waals surface area (Å²) in [6, 6.07) is 0. The number of anilines is 1. The first-order valence-electron chi connectivity index (χ1n) is 4.30. The molecule has 0 unspecified atom stereocenters. The van der Waals surface area contributed by atoms with E-state index in [1.54, 1.807) is 11.3 Å². The summed E-state index contributed by atoms with van der Waals surface area (Å²) in [6.07, 6.45) is 1.94. The Hall–Kier alpha value is -0.610. The maximum atomic E-state index is 4.33. The van der Waals surface area contributed by atoms with Gasteiger partial charge in [0.05, 0.1) is 0 Å². The summed E-state index contributed by atoms with van der Waals surface area (Å²) in [5.41, 5.74) is 0.0198. The van der Waals surface area contributed by atoms with E-state index in [1.165, 1.54) is 4.88 Å². The molecule has 1 aromatic rings. The summed E-state index contributed by atoms with van der Waals surface area (Å²) in [5, 5.41) is 4.32. The van der Waals surface area contributed by atoms with Crippen LogP contribution in [0.2, 0.25) is 0 Å². The molecule has 0 aliphatic carbocycles. The summed E-state index contributed by atoms with van der Waals surface area (Å²) >= 11 is 1.72. The number of nitrogens with zero attached hydrogens (tertiary/aromatic N) is 2. The number of aromatic nitrogens is 1. The molecule has 0 amide bonds. The summed E-state index contributed by atoms with van der Waals surface area (Å²) in [6.45, 7) is 4.31. The van der Waals surface area contributed by atoms with Crippen molar-refractivity contribution < 1.29 is 0 Å². The van der Waals surface area contributed by atoms with E-state index >= 15 is 0 Å². The van der Waals surface area contributed by atoms with E-state index in [4.69, 9.17) is 0 Å². The van der Waals surface area contributed by atoms with Gasteiger partial charge in [-0.25, -0.2) is 4.98 Å². The van der Waals surface area contributed by atoms with Crippen molar-refractivity contribution in [3.63, 3.8) is 0 Å². The second-order valence-corrected chi connectivity index (χ2v) is 4.79. The lowest BCUT2D eigenvalue weighted by Gasteiger charge is -2.21. The molecule has 4 heteroatoms. The van der Waals surface area contributed by atoms with Gasteiger partial charge in [-0.2, -0.15) is 0 Å². The Kier molecular flexibility index (Phi) is 2.93. The number of hydrogen-bond acceptors (Lipinski definition) is 4. The second kappa shape index (κ2) is 3.64. The van der Waals surface area contributed by atoms with Crippen molar-refractivity contribution in [3.8, 4) is 0 Å². The van der Waals surface area contributed by atoms with Crippen LogP contribution in [-0.4, -0.2) is 26.1 Å². The molecule has 74 valence electrons. The minimum absolute atomic E-state index is 0.0198. The Balaban J connectivity index is 2.91. The van der Waals surface area contributed by atoms with Gasteiger partial charge < -0.3 is 10.2 Å². The van der Waals surface area contributed by atoms with Crippen LogP contribution in [0.1, 0.15) is 18.7 Å². The molecule has 0 aliphatic heterocycles. The van der Waals surface area contributed by atoms with Gasteiger partial charge in [-0.1, -0.05) is 0 Å². The maximum absolute atomic E-state index is 4.33. The molecule has 0 radical (unpaired) electrons. The molecule has 1 rings (SSSR count). The zero-order valence-electron chi connectivity index (χ0n) is 8.88. The highest BCUT2D eigenvalue weighted by atomic mass is 32.1. The largest absolute Gasteiger partial charge is 0.354 e. The predicted molar refractivity (Wildman–Crippen MR) is 58.5 cm³/mol. The van der Waals surface area contributed by atoms with Gasteiger partial charge in [0.1, 0.15) is 0 Å². The van der Waals surface area contributed by atoms with E-state index in [2.05, 4.69) is 24.1 Å². The summed E-state index contributed by atoms with van der Waals surface area (Å²) in [5.74, 6) is 0. The Bertz CT molecular complexity index is 278. The van der Waals surface area contributed by atoms with Gasteiger partial charge in [0.15, 0.2) is 5.13 Å². The number of thiazole rings is 1. The Morgan fingerprint density at radius 2 is 2.08 bits per heavy atom. The molecule has 0 aliphatic rings. The van der Waals surface area contributed by atoms with Crippen molar-refractivity contribution in [2.24, 2.45) is 0 Å². The molecule has 0 fully saturated rings. The first kappa shape index (κ1) is 10.5. The predicted octanol–water partition coefficient (Wildman–Crippen LogP) is 1.66. The van der Waals surface area contributed by atoms with E-state index in [-0.39, 0.29) is 5.54 Å².